The highest BCUT2D eigenvalue weighted by Crippen LogP contribution is 2.11. The van der Waals surface area contributed by atoms with Crippen LogP contribution in [0.3, 0.4) is 0 Å². The second-order valence-corrected chi connectivity index (χ2v) is 6.41. The van der Waals surface area contributed by atoms with Gasteiger partial charge < -0.3 is 20.9 Å². The highest BCUT2D eigenvalue weighted by molar-refractivity contribution is 7.81. The van der Waals surface area contributed by atoms with E-state index >= 15 is 0 Å². The average Bonchev–Trinajstić information content (AvgIpc) is 2.62. The molecule has 0 radical (unpaired) electrons. The van der Waals surface area contributed by atoms with Crippen molar-refractivity contribution >= 4 is 30.3 Å². The molecule has 1 aromatic carbocycles. The number of amides is 3. The van der Waals surface area contributed by atoms with Crippen LogP contribution in [0.2, 0.25) is 0 Å². The highest BCUT2D eigenvalue weighted by Gasteiger charge is 2.01. The van der Waals surface area contributed by atoms with Crippen LogP contribution in [0.1, 0.15) is 31.2 Å². The molecule has 1 rings (SSSR count). The van der Waals surface area contributed by atoms with E-state index in [2.05, 4.69) is 28.6 Å². The Balaban J connectivity index is 2.03. The Labute approximate surface area is 156 Å². The molecule has 0 saturated heterocycles. The van der Waals surface area contributed by atoms with Crippen molar-refractivity contribution in [3.63, 3.8) is 0 Å². The first-order valence-corrected chi connectivity index (χ1v) is 9.31. The molecule has 1 aromatic rings. The Bertz CT molecular complexity index is 520. The lowest BCUT2D eigenvalue weighted by Gasteiger charge is -2.13. The van der Waals surface area contributed by atoms with Gasteiger partial charge in [0.15, 0.2) is 0 Å². The zero-order chi connectivity index (χ0) is 18.5. The average molecular weight is 367 g/mol. The van der Waals surface area contributed by atoms with Crippen LogP contribution in [-0.2, 0) is 11.3 Å². The van der Waals surface area contributed by atoms with Gasteiger partial charge in [-0.25, -0.2) is 4.79 Å². The first kappa shape index (κ1) is 21.2. The third-order valence-corrected chi connectivity index (χ3v) is 4.05. The number of nitrogens with one attached hydrogen (secondary N) is 3. The van der Waals surface area contributed by atoms with Gasteiger partial charge in [-0.2, -0.15) is 12.6 Å². The van der Waals surface area contributed by atoms with Gasteiger partial charge in [0, 0.05) is 39.4 Å². The number of urea groups is 1. The van der Waals surface area contributed by atoms with Gasteiger partial charge in [-0.15, -0.1) is 0 Å². The van der Waals surface area contributed by atoms with Crippen LogP contribution < -0.4 is 20.9 Å². The summed E-state index contributed by atoms with van der Waals surface area (Å²) in [6.07, 6.45) is 3.96. The van der Waals surface area contributed by atoms with Crippen LogP contribution in [0.25, 0.3) is 0 Å². The molecule has 140 valence electrons. The Kier molecular flexibility index (Phi) is 10.6. The molecule has 0 bridgehead atoms. The Morgan fingerprint density at radius 3 is 2.08 bits per heavy atom. The number of unbranched alkanes of at least 4 members (excludes halogenated alkanes) is 3. The molecule has 7 heteroatoms. The number of carbonyl (C=O) groups is 2. The van der Waals surface area contributed by atoms with Crippen LogP contribution in [-0.4, -0.2) is 44.9 Å². The largest absolute Gasteiger partial charge is 0.378 e. The van der Waals surface area contributed by atoms with Crippen LogP contribution in [0.15, 0.2) is 24.3 Å². The van der Waals surface area contributed by atoms with E-state index in [0.717, 1.165) is 36.9 Å². The Morgan fingerprint density at radius 2 is 1.52 bits per heavy atom. The minimum Gasteiger partial charge on any atom is -0.378 e. The number of nitrogens with zero attached hydrogens (tertiary/aromatic N) is 1. The first-order valence-electron chi connectivity index (χ1n) is 8.68. The number of anilines is 1. The van der Waals surface area contributed by atoms with Gasteiger partial charge >= 0.3 is 6.03 Å². The maximum absolute atomic E-state index is 11.7. The molecule has 25 heavy (non-hydrogen) atoms. The van der Waals surface area contributed by atoms with E-state index in [1.54, 1.807) is 0 Å². The van der Waals surface area contributed by atoms with Crippen molar-refractivity contribution in [1.82, 2.24) is 16.0 Å². The molecular weight excluding hydrogens is 336 g/mol. The maximum atomic E-state index is 11.7. The summed E-state index contributed by atoms with van der Waals surface area (Å²) in [5.41, 5.74) is 2.21. The SMILES string of the molecule is CN(C)c1ccc(CNC(=O)NCCCCCCNC(=O)CS)cc1. The fraction of sp³-hybridized carbons (Fsp3) is 0.556. The maximum Gasteiger partial charge on any atom is 0.315 e. The third kappa shape index (κ3) is 9.86. The molecule has 0 unspecified atom stereocenters. The third-order valence-electron chi connectivity index (χ3n) is 3.76. The molecule has 6 nitrogen and oxygen atoms in total. The van der Waals surface area contributed by atoms with Gasteiger partial charge in [0.2, 0.25) is 5.91 Å². The predicted molar refractivity (Wildman–Crippen MR) is 106 cm³/mol. The fourth-order valence-electron chi connectivity index (χ4n) is 2.25. The summed E-state index contributed by atoms with van der Waals surface area (Å²) >= 11 is 3.90. The molecule has 0 aliphatic carbocycles. The quantitative estimate of drug-likeness (QED) is 0.358. The molecule has 0 aliphatic heterocycles. The van der Waals surface area contributed by atoms with E-state index in [1.807, 2.05) is 43.3 Å². The number of hydrogen-bond donors (Lipinski definition) is 4. The summed E-state index contributed by atoms with van der Waals surface area (Å²) < 4.78 is 0. The lowest BCUT2D eigenvalue weighted by molar-refractivity contribution is -0.118. The number of carbonyl (C=O) groups excluding carboxylic acids is 2. The number of hydrogen-bond acceptors (Lipinski definition) is 4. The summed E-state index contributed by atoms with van der Waals surface area (Å²) in [6.45, 7) is 1.87. The first-order chi connectivity index (χ1) is 12.0. The van der Waals surface area contributed by atoms with E-state index in [-0.39, 0.29) is 17.7 Å². The molecule has 0 aliphatic rings. The molecule has 0 atom stereocenters. The second kappa shape index (κ2) is 12.5. The van der Waals surface area contributed by atoms with Crippen molar-refractivity contribution < 1.29 is 9.59 Å². The van der Waals surface area contributed by atoms with E-state index in [0.29, 0.717) is 19.6 Å². The molecule has 0 aromatic heterocycles. The van der Waals surface area contributed by atoms with Gasteiger partial charge in [0.25, 0.3) is 0 Å². The van der Waals surface area contributed by atoms with E-state index in [1.165, 1.54) is 0 Å². The number of thiol groups is 1. The van der Waals surface area contributed by atoms with Crippen molar-refractivity contribution in [3.05, 3.63) is 29.8 Å². The van der Waals surface area contributed by atoms with Crippen LogP contribution in [0.4, 0.5) is 10.5 Å². The lowest BCUT2D eigenvalue weighted by Crippen LogP contribution is -2.35. The zero-order valence-corrected chi connectivity index (χ0v) is 16.1. The van der Waals surface area contributed by atoms with Gasteiger partial charge in [0.05, 0.1) is 5.75 Å². The Morgan fingerprint density at radius 1 is 0.920 bits per heavy atom. The van der Waals surface area contributed by atoms with Crippen molar-refractivity contribution in [3.8, 4) is 0 Å². The Hall–Kier alpha value is -1.89. The van der Waals surface area contributed by atoms with Crippen molar-refractivity contribution in [1.29, 1.82) is 0 Å². The lowest BCUT2D eigenvalue weighted by atomic mass is 10.2. The van der Waals surface area contributed by atoms with E-state index < -0.39 is 0 Å². The van der Waals surface area contributed by atoms with Gasteiger partial charge in [-0.1, -0.05) is 25.0 Å². The normalized spacial score (nSPS) is 10.2. The van der Waals surface area contributed by atoms with Gasteiger partial charge in [-0.3, -0.25) is 4.79 Å². The van der Waals surface area contributed by atoms with E-state index in [4.69, 9.17) is 0 Å². The summed E-state index contributed by atoms with van der Waals surface area (Å²) in [5, 5.41) is 8.51. The predicted octanol–water partition coefficient (Wildman–Crippen LogP) is 2.16. The fourth-order valence-corrected chi connectivity index (χ4v) is 2.36. The molecule has 3 N–H and O–H groups in total. The summed E-state index contributed by atoms with van der Waals surface area (Å²) in [4.78, 5) is 24.8. The smallest absolute Gasteiger partial charge is 0.315 e. The summed E-state index contributed by atoms with van der Waals surface area (Å²) in [7, 11) is 4.00. The molecule has 0 heterocycles. The molecule has 0 fully saturated rings. The van der Waals surface area contributed by atoms with Gasteiger partial charge in [-0.05, 0) is 30.5 Å². The summed E-state index contributed by atoms with van der Waals surface area (Å²) in [6, 6.07) is 7.96. The number of benzene rings is 1. The molecule has 3 amide bonds. The standard InChI is InChI=1S/C18H30N4O2S/c1-22(2)16-9-7-15(8-10-16)13-21-18(24)20-12-6-4-3-5-11-19-17(23)14-25/h7-10,25H,3-6,11-14H2,1-2H3,(H,19,23)(H2,20,21,24). The highest BCUT2D eigenvalue weighted by atomic mass is 32.1. The van der Waals surface area contributed by atoms with Crippen LogP contribution >= 0.6 is 12.6 Å². The topological polar surface area (TPSA) is 73.5 Å². The van der Waals surface area contributed by atoms with E-state index in [9.17, 15) is 9.59 Å². The van der Waals surface area contributed by atoms with Crippen molar-refractivity contribution in [2.24, 2.45) is 0 Å². The minimum atomic E-state index is -0.141. The van der Waals surface area contributed by atoms with Crippen LogP contribution in [0.5, 0.6) is 0 Å². The van der Waals surface area contributed by atoms with Gasteiger partial charge in [0.1, 0.15) is 0 Å². The second-order valence-electron chi connectivity index (χ2n) is 6.09. The van der Waals surface area contributed by atoms with Crippen LogP contribution in [0, 0.1) is 0 Å². The summed E-state index contributed by atoms with van der Waals surface area (Å²) in [5.74, 6) is 0.205. The molecule has 0 spiro atoms. The van der Waals surface area contributed by atoms with Crippen molar-refractivity contribution in [2.75, 3.05) is 37.8 Å². The zero-order valence-electron chi connectivity index (χ0n) is 15.2. The van der Waals surface area contributed by atoms with Crippen molar-refractivity contribution in [2.45, 2.75) is 32.2 Å². The molecule has 0 saturated carbocycles. The minimum absolute atomic E-state index is 0.0296. The molecular formula is C18H30N4O2S. The number of rotatable bonds is 11. The monoisotopic (exact) mass is 366 g/mol.